The van der Waals surface area contributed by atoms with Gasteiger partial charge in [0.25, 0.3) is 0 Å². The van der Waals surface area contributed by atoms with Gasteiger partial charge in [-0.1, -0.05) is 13.8 Å². The van der Waals surface area contributed by atoms with E-state index in [-0.39, 0.29) is 5.78 Å². The summed E-state index contributed by atoms with van der Waals surface area (Å²) in [7, 11) is 0. The van der Waals surface area contributed by atoms with Crippen LogP contribution in [0, 0.1) is 5.92 Å². The van der Waals surface area contributed by atoms with E-state index in [1.807, 2.05) is 6.92 Å². The number of carbonyl (C=O) groups excluding carboxylic acids is 1. The fraction of sp³-hybridized carbons (Fsp3) is 0.636. The number of Topliss-reactive ketones (excluding diaryl/α,β-unsaturated/α-hetero) is 1. The van der Waals surface area contributed by atoms with E-state index in [4.69, 9.17) is 5.73 Å². The lowest BCUT2D eigenvalue weighted by atomic mass is 9.99. The van der Waals surface area contributed by atoms with Crippen molar-refractivity contribution in [1.29, 1.82) is 0 Å². The Morgan fingerprint density at radius 3 is 2.80 bits per heavy atom. The molecule has 0 aliphatic carbocycles. The van der Waals surface area contributed by atoms with E-state index in [0.717, 1.165) is 0 Å². The minimum absolute atomic E-state index is 0.0111. The first-order chi connectivity index (χ1) is 7.06. The number of nitrogens with zero attached hydrogens (tertiary/aromatic N) is 2. The predicted molar refractivity (Wildman–Crippen MR) is 59.7 cm³/mol. The first kappa shape index (κ1) is 11.9. The second kappa shape index (κ2) is 5.07. The largest absolute Gasteiger partial charge is 0.321 e. The first-order valence-electron chi connectivity index (χ1n) is 5.37. The van der Waals surface area contributed by atoms with Gasteiger partial charge in [-0.3, -0.25) is 9.48 Å². The molecule has 0 radical (unpaired) electrons. The standard InChI is InChI=1S/C11H19N3O/c1-4-14-10(5-6-13-14)11(15)9(12)7-8(2)3/h5-6,8-9H,4,7,12H2,1-3H3. The van der Waals surface area contributed by atoms with Crippen molar-refractivity contribution in [1.82, 2.24) is 9.78 Å². The Bertz CT molecular complexity index is 330. The molecule has 0 spiro atoms. The summed E-state index contributed by atoms with van der Waals surface area (Å²) in [5.41, 5.74) is 6.46. The molecule has 4 nitrogen and oxygen atoms in total. The van der Waals surface area contributed by atoms with E-state index < -0.39 is 6.04 Å². The molecule has 0 saturated carbocycles. The Hall–Kier alpha value is -1.16. The maximum atomic E-state index is 11.9. The summed E-state index contributed by atoms with van der Waals surface area (Å²) in [5.74, 6) is 0.421. The van der Waals surface area contributed by atoms with Gasteiger partial charge in [-0.2, -0.15) is 5.10 Å². The summed E-state index contributed by atoms with van der Waals surface area (Å²) in [4.78, 5) is 11.9. The van der Waals surface area contributed by atoms with Crippen molar-refractivity contribution < 1.29 is 4.79 Å². The lowest BCUT2D eigenvalue weighted by Crippen LogP contribution is -2.33. The molecule has 1 rings (SSSR count). The molecule has 1 atom stereocenters. The summed E-state index contributed by atoms with van der Waals surface area (Å²) in [6.07, 6.45) is 2.35. The number of aromatic nitrogens is 2. The molecule has 0 fully saturated rings. The fourth-order valence-electron chi connectivity index (χ4n) is 1.60. The van der Waals surface area contributed by atoms with Gasteiger partial charge in [0.05, 0.1) is 6.04 Å². The number of hydrogen-bond acceptors (Lipinski definition) is 3. The lowest BCUT2D eigenvalue weighted by Gasteiger charge is -2.13. The first-order valence-corrected chi connectivity index (χ1v) is 5.37. The fourth-order valence-corrected chi connectivity index (χ4v) is 1.60. The third-order valence-corrected chi connectivity index (χ3v) is 2.33. The quantitative estimate of drug-likeness (QED) is 0.747. The summed E-state index contributed by atoms with van der Waals surface area (Å²) in [6, 6.07) is 1.32. The van der Waals surface area contributed by atoms with Gasteiger partial charge in [-0.15, -0.1) is 0 Å². The summed E-state index contributed by atoms with van der Waals surface area (Å²) in [6.45, 7) is 6.77. The molecular weight excluding hydrogens is 190 g/mol. The topological polar surface area (TPSA) is 60.9 Å². The smallest absolute Gasteiger partial charge is 0.197 e. The average molecular weight is 209 g/mol. The third-order valence-electron chi connectivity index (χ3n) is 2.33. The minimum atomic E-state index is -0.410. The van der Waals surface area contributed by atoms with Gasteiger partial charge in [0.2, 0.25) is 0 Å². The summed E-state index contributed by atoms with van der Waals surface area (Å²) in [5, 5.41) is 4.06. The number of rotatable bonds is 5. The zero-order valence-electron chi connectivity index (χ0n) is 9.60. The molecule has 1 heterocycles. The Labute approximate surface area is 90.5 Å². The van der Waals surface area contributed by atoms with E-state index in [1.165, 1.54) is 0 Å². The van der Waals surface area contributed by atoms with Crippen LogP contribution < -0.4 is 5.73 Å². The lowest BCUT2D eigenvalue weighted by molar-refractivity contribution is 0.0940. The van der Waals surface area contributed by atoms with Gasteiger partial charge in [0, 0.05) is 12.7 Å². The summed E-state index contributed by atoms with van der Waals surface area (Å²) >= 11 is 0. The molecule has 4 heteroatoms. The number of ketones is 1. The molecule has 0 aromatic carbocycles. The second-order valence-corrected chi connectivity index (χ2v) is 4.13. The highest BCUT2D eigenvalue weighted by atomic mass is 16.1. The zero-order valence-corrected chi connectivity index (χ0v) is 9.60. The van der Waals surface area contributed by atoms with Crippen LogP contribution in [-0.4, -0.2) is 21.6 Å². The van der Waals surface area contributed by atoms with Gasteiger partial charge in [-0.05, 0) is 25.3 Å². The normalized spacial score (nSPS) is 13.1. The Kier molecular flexibility index (Phi) is 4.03. The van der Waals surface area contributed by atoms with Crippen LogP contribution >= 0.6 is 0 Å². The molecular formula is C11H19N3O. The van der Waals surface area contributed by atoms with Crippen LogP contribution in [0.25, 0.3) is 0 Å². The highest BCUT2D eigenvalue weighted by Crippen LogP contribution is 2.09. The van der Waals surface area contributed by atoms with Crippen molar-refractivity contribution in [3.8, 4) is 0 Å². The molecule has 0 amide bonds. The van der Waals surface area contributed by atoms with Crippen LogP contribution in [-0.2, 0) is 6.54 Å². The Balaban J connectivity index is 2.76. The summed E-state index contributed by atoms with van der Waals surface area (Å²) < 4.78 is 1.68. The van der Waals surface area contributed by atoms with Crippen LogP contribution in [0.3, 0.4) is 0 Å². The van der Waals surface area contributed by atoms with E-state index in [1.54, 1.807) is 16.9 Å². The number of hydrogen-bond donors (Lipinski definition) is 1. The average Bonchev–Trinajstić information content (AvgIpc) is 2.62. The van der Waals surface area contributed by atoms with Crippen LogP contribution in [0.5, 0.6) is 0 Å². The van der Waals surface area contributed by atoms with Crippen molar-refractivity contribution in [2.75, 3.05) is 0 Å². The van der Waals surface area contributed by atoms with Crippen molar-refractivity contribution >= 4 is 5.78 Å². The molecule has 0 bridgehead atoms. The monoisotopic (exact) mass is 209 g/mol. The van der Waals surface area contributed by atoms with E-state index in [2.05, 4.69) is 18.9 Å². The third kappa shape index (κ3) is 2.89. The molecule has 1 unspecified atom stereocenters. The van der Waals surface area contributed by atoms with Gasteiger partial charge >= 0.3 is 0 Å². The van der Waals surface area contributed by atoms with Crippen molar-refractivity contribution in [2.24, 2.45) is 11.7 Å². The predicted octanol–water partition coefficient (Wildman–Crippen LogP) is 1.46. The maximum Gasteiger partial charge on any atom is 0.197 e. The minimum Gasteiger partial charge on any atom is -0.321 e. The molecule has 1 aromatic rings. The van der Waals surface area contributed by atoms with Gasteiger partial charge in [-0.25, -0.2) is 0 Å². The van der Waals surface area contributed by atoms with Gasteiger partial charge < -0.3 is 5.73 Å². The highest BCUT2D eigenvalue weighted by Gasteiger charge is 2.19. The molecule has 0 aliphatic rings. The molecule has 2 N–H and O–H groups in total. The second-order valence-electron chi connectivity index (χ2n) is 4.13. The van der Waals surface area contributed by atoms with Crippen molar-refractivity contribution in [3.05, 3.63) is 18.0 Å². The number of aryl methyl sites for hydroxylation is 1. The van der Waals surface area contributed by atoms with Crippen LogP contribution in [0.15, 0.2) is 12.3 Å². The van der Waals surface area contributed by atoms with Crippen LogP contribution in [0.2, 0.25) is 0 Å². The van der Waals surface area contributed by atoms with E-state index in [0.29, 0.717) is 24.6 Å². The SMILES string of the molecule is CCn1nccc1C(=O)C(N)CC(C)C. The highest BCUT2D eigenvalue weighted by molar-refractivity contribution is 5.98. The molecule has 0 saturated heterocycles. The zero-order chi connectivity index (χ0) is 11.4. The van der Waals surface area contributed by atoms with Crippen LogP contribution in [0.1, 0.15) is 37.7 Å². The van der Waals surface area contributed by atoms with Crippen molar-refractivity contribution in [2.45, 2.75) is 39.8 Å². The number of nitrogens with two attached hydrogens (primary N) is 1. The Morgan fingerprint density at radius 1 is 1.60 bits per heavy atom. The number of carbonyl (C=O) groups is 1. The van der Waals surface area contributed by atoms with Gasteiger partial charge in [0.15, 0.2) is 5.78 Å². The Morgan fingerprint density at radius 2 is 2.27 bits per heavy atom. The maximum absolute atomic E-state index is 11.9. The molecule has 0 aliphatic heterocycles. The molecule has 84 valence electrons. The van der Waals surface area contributed by atoms with Crippen molar-refractivity contribution in [3.63, 3.8) is 0 Å². The van der Waals surface area contributed by atoms with E-state index in [9.17, 15) is 4.79 Å². The van der Waals surface area contributed by atoms with Gasteiger partial charge in [0.1, 0.15) is 5.69 Å². The van der Waals surface area contributed by atoms with E-state index >= 15 is 0 Å². The molecule has 15 heavy (non-hydrogen) atoms. The molecule has 1 aromatic heterocycles. The van der Waals surface area contributed by atoms with Crippen LogP contribution in [0.4, 0.5) is 0 Å².